The fourth-order valence-corrected chi connectivity index (χ4v) is 2.41. The number of hydrogen-bond acceptors (Lipinski definition) is 5. The average molecular weight is 319 g/mol. The van der Waals surface area contributed by atoms with Gasteiger partial charge in [0.25, 0.3) is 0 Å². The average Bonchev–Trinajstić information content (AvgIpc) is 2.83. The summed E-state index contributed by atoms with van der Waals surface area (Å²) in [6, 6.07) is 0. The van der Waals surface area contributed by atoms with Gasteiger partial charge < -0.3 is 14.3 Å². The lowest BCUT2D eigenvalue weighted by molar-refractivity contribution is -0.136. The molecule has 5 nitrogen and oxygen atoms in total. The number of carbonyl (C=O) groups is 1. The SMILES string of the molecule is CCCOC(=O)C1=NOCC(COCC2=CC=CC=CC2)C1C. The van der Waals surface area contributed by atoms with Crippen molar-refractivity contribution >= 4 is 11.7 Å². The maximum Gasteiger partial charge on any atom is 0.356 e. The fourth-order valence-electron chi connectivity index (χ4n) is 2.41. The summed E-state index contributed by atoms with van der Waals surface area (Å²) < 4.78 is 11.0. The third-order valence-electron chi connectivity index (χ3n) is 3.93. The summed E-state index contributed by atoms with van der Waals surface area (Å²) in [5, 5.41) is 3.88. The minimum Gasteiger partial charge on any atom is -0.461 e. The van der Waals surface area contributed by atoms with Crippen LogP contribution in [0.2, 0.25) is 0 Å². The highest BCUT2D eigenvalue weighted by molar-refractivity contribution is 6.37. The van der Waals surface area contributed by atoms with Crippen molar-refractivity contribution in [3.63, 3.8) is 0 Å². The smallest absolute Gasteiger partial charge is 0.356 e. The van der Waals surface area contributed by atoms with Crippen LogP contribution in [0.3, 0.4) is 0 Å². The van der Waals surface area contributed by atoms with Gasteiger partial charge >= 0.3 is 5.97 Å². The normalized spacial score (nSPS) is 23.6. The van der Waals surface area contributed by atoms with Crippen molar-refractivity contribution in [2.24, 2.45) is 17.0 Å². The Hall–Kier alpha value is -1.88. The van der Waals surface area contributed by atoms with Crippen molar-refractivity contribution < 1.29 is 19.1 Å². The third-order valence-corrected chi connectivity index (χ3v) is 3.93. The van der Waals surface area contributed by atoms with Gasteiger partial charge in [-0.15, -0.1) is 0 Å². The van der Waals surface area contributed by atoms with Crippen molar-refractivity contribution in [1.29, 1.82) is 0 Å². The summed E-state index contributed by atoms with van der Waals surface area (Å²) in [6.07, 6.45) is 11.9. The van der Waals surface area contributed by atoms with Gasteiger partial charge in [-0.1, -0.05) is 49.4 Å². The summed E-state index contributed by atoms with van der Waals surface area (Å²) in [5.74, 6) is -0.309. The van der Waals surface area contributed by atoms with Gasteiger partial charge in [0.2, 0.25) is 0 Å². The van der Waals surface area contributed by atoms with Gasteiger partial charge in [0, 0.05) is 11.8 Å². The zero-order valence-corrected chi connectivity index (χ0v) is 13.9. The van der Waals surface area contributed by atoms with Crippen molar-refractivity contribution in [3.8, 4) is 0 Å². The Bertz CT molecular complexity index is 519. The number of esters is 1. The van der Waals surface area contributed by atoms with Gasteiger partial charge in [0.1, 0.15) is 6.61 Å². The van der Waals surface area contributed by atoms with Crippen LogP contribution in [0.5, 0.6) is 0 Å². The van der Waals surface area contributed by atoms with Gasteiger partial charge in [-0.3, -0.25) is 0 Å². The number of nitrogens with zero attached hydrogens (tertiary/aromatic N) is 1. The Labute approximate surface area is 137 Å². The van der Waals surface area contributed by atoms with E-state index >= 15 is 0 Å². The zero-order chi connectivity index (χ0) is 16.5. The highest BCUT2D eigenvalue weighted by Crippen LogP contribution is 2.21. The van der Waals surface area contributed by atoms with Gasteiger partial charge in [-0.25, -0.2) is 4.79 Å². The molecule has 1 aliphatic heterocycles. The van der Waals surface area contributed by atoms with Gasteiger partial charge in [-0.2, -0.15) is 0 Å². The highest BCUT2D eigenvalue weighted by atomic mass is 16.6. The van der Waals surface area contributed by atoms with E-state index in [1.165, 1.54) is 5.57 Å². The molecule has 0 radical (unpaired) electrons. The number of allylic oxidation sites excluding steroid dienone is 5. The lowest BCUT2D eigenvalue weighted by atomic mass is 9.90. The second-order valence-electron chi connectivity index (χ2n) is 5.81. The zero-order valence-electron chi connectivity index (χ0n) is 13.9. The van der Waals surface area contributed by atoms with Crippen LogP contribution < -0.4 is 0 Å². The van der Waals surface area contributed by atoms with Crippen LogP contribution in [-0.4, -0.2) is 38.1 Å². The molecule has 0 bridgehead atoms. The Morgan fingerprint density at radius 1 is 1.39 bits per heavy atom. The van der Waals surface area contributed by atoms with Gasteiger partial charge in [0.15, 0.2) is 5.71 Å². The molecule has 126 valence electrons. The molecule has 0 spiro atoms. The van der Waals surface area contributed by atoms with E-state index in [2.05, 4.69) is 17.3 Å². The standard InChI is InChI=1S/C18H25NO4/c1-3-10-22-18(20)17-14(2)16(13-23-19-17)12-21-11-15-8-6-4-5-7-9-15/h4-8,14,16H,3,9-13H2,1-2H3. The lowest BCUT2D eigenvalue weighted by Crippen LogP contribution is -2.37. The van der Waals surface area contributed by atoms with E-state index in [0.29, 0.717) is 32.1 Å². The number of rotatable bonds is 7. The van der Waals surface area contributed by atoms with E-state index in [0.717, 1.165) is 12.8 Å². The molecular formula is C18H25NO4. The molecule has 0 aromatic rings. The molecule has 23 heavy (non-hydrogen) atoms. The molecule has 0 aromatic carbocycles. The van der Waals surface area contributed by atoms with E-state index in [1.54, 1.807) is 0 Å². The van der Waals surface area contributed by atoms with E-state index in [4.69, 9.17) is 14.3 Å². The molecule has 1 aliphatic carbocycles. The van der Waals surface area contributed by atoms with Crippen LogP contribution in [0, 0.1) is 11.8 Å². The molecule has 0 aromatic heterocycles. The van der Waals surface area contributed by atoms with Crippen molar-refractivity contribution in [3.05, 3.63) is 36.0 Å². The molecule has 0 N–H and O–H groups in total. The maximum absolute atomic E-state index is 12.0. The number of oxime groups is 1. The fraction of sp³-hybridized carbons (Fsp3) is 0.556. The molecule has 2 aliphatic rings. The first-order chi connectivity index (χ1) is 11.2. The first kappa shape index (κ1) is 17.5. The Balaban J connectivity index is 1.80. The van der Waals surface area contributed by atoms with Crippen LogP contribution >= 0.6 is 0 Å². The topological polar surface area (TPSA) is 57.1 Å². The van der Waals surface area contributed by atoms with E-state index in [-0.39, 0.29) is 17.8 Å². The van der Waals surface area contributed by atoms with E-state index < -0.39 is 0 Å². The molecule has 5 heteroatoms. The first-order valence-corrected chi connectivity index (χ1v) is 8.18. The highest BCUT2D eigenvalue weighted by Gasteiger charge is 2.32. The summed E-state index contributed by atoms with van der Waals surface area (Å²) >= 11 is 0. The minimum absolute atomic E-state index is 0.0315. The molecule has 1 heterocycles. The van der Waals surface area contributed by atoms with Crippen molar-refractivity contribution in [2.75, 3.05) is 26.4 Å². The van der Waals surface area contributed by atoms with Crippen LogP contribution in [0.4, 0.5) is 0 Å². The molecule has 0 saturated heterocycles. The van der Waals surface area contributed by atoms with Crippen molar-refractivity contribution in [2.45, 2.75) is 26.7 Å². The molecule has 2 rings (SSSR count). The minimum atomic E-state index is -0.384. The maximum atomic E-state index is 12.0. The third kappa shape index (κ3) is 5.36. The van der Waals surface area contributed by atoms with Crippen molar-refractivity contribution in [1.82, 2.24) is 0 Å². The van der Waals surface area contributed by atoms with Gasteiger partial charge in [0.05, 0.1) is 19.8 Å². The molecular weight excluding hydrogens is 294 g/mol. The molecule has 0 amide bonds. The second-order valence-corrected chi connectivity index (χ2v) is 5.81. The summed E-state index contributed by atoms with van der Waals surface area (Å²) in [7, 11) is 0. The van der Waals surface area contributed by atoms with Crippen LogP contribution in [0.15, 0.2) is 41.1 Å². The number of carbonyl (C=O) groups excluding carboxylic acids is 1. The monoisotopic (exact) mass is 319 g/mol. The van der Waals surface area contributed by atoms with Gasteiger partial charge in [-0.05, 0) is 18.4 Å². The number of ether oxygens (including phenoxy) is 2. The number of hydrogen-bond donors (Lipinski definition) is 0. The van der Waals surface area contributed by atoms with Crippen LogP contribution in [0.1, 0.15) is 26.7 Å². The molecule has 0 fully saturated rings. The Kier molecular flexibility index (Phi) is 7.07. The summed E-state index contributed by atoms with van der Waals surface area (Å²) in [5.41, 5.74) is 1.59. The van der Waals surface area contributed by atoms with Crippen LogP contribution in [0.25, 0.3) is 0 Å². The van der Waals surface area contributed by atoms with E-state index in [1.807, 2.05) is 32.1 Å². The Morgan fingerprint density at radius 2 is 2.26 bits per heavy atom. The van der Waals surface area contributed by atoms with Crippen LogP contribution in [-0.2, 0) is 19.1 Å². The first-order valence-electron chi connectivity index (χ1n) is 8.18. The quantitative estimate of drug-likeness (QED) is 0.677. The molecule has 0 saturated carbocycles. The Morgan fingerprint density at radius 3 is 3.09 bits per heavy atom. The summed E-state index contributed by atoms with van der Waals surface area (Å²) in [4.78, 5) is 17.2. The lowest BCUT2D eigenvalue weighted by Gasteiger charge is -2.27. The predicted octanol–water partition coefficient (Wildman–Crippen LogP) is 3.04. The predicted molar refractivity (Wildman–Crippen MR) is 89.1 cm³/mol. The van der Waals surface area contributed by atoms with E-state index in [9.17, 15) is 4.79 Å². The second kappa shape index (κ2) is 9.30. The summed E-state index contributed by atoms with van der Waals surface area (Å²) in [6.45, 7) is 5.92. The molecule has 2 unspecified atom stereocenters. The largest absolute Gasteiger partial charge is 0.461 e. The molecule has 2 atom stereocenters.